The summed E-state index contributed by atoms with van der Waals surface area (Å²) in [4.78, 5) is 13.7. The van der Waals surface area contributed by atoms with Gasteiger partial charge in [0.05, 0.1) is 11.6 Å². The second-order valence-corrected chi connectivity index (χ2v) is 5.49. The van der Waals surface area contributed by atoms with E-state index in [9.17, 15) is 4.79 Å². The van der Waals surface area contributed by atoms with Gasteiger partial charge in [0.25, 0.3) is 0 Å². The van der Waals surface area contributed by atoms with Crippen molar-refractivity contribution >= 4 is 21.8 Å². The summed E-state index contributed by atoms with van der Waals surface area (Å²) in [5, 5.41) is 0. The third-order valence-electron chi connectivity index (χ3n) is 3.12. The van der Waals surface area contributed by atoms with Gasteiger partial charge in [-0.3, -0.25) is 4.79 Å². The Hall–Kier alpha value is -1.03. The minimum Gasteiger partial charge on any atom is -0.496 e. The lowest BCUT2D eigenvalue weighted by molar-refractivity contribution is -0.129. The lowest BCUT2D eigenvalue weighted by Gasteiger charge is -2.16. The van der Waals surface area contributed by atoms with Crippen LogP contribution in [0.4, 0.5) is 0 Å². The van der Waals surface area contributed by atoms with Crippen LogP contribution in [-0.4, -0.2) is 31.5 Å². The lowest BCUT2D eigenvalue weighted by Crippen LogP contribution is -2.27. The molecule has 1 rings (SSSR count). The number of aryl methyl sites for hydroxylation is 1. The van der Waals surface area contributed by atoms with Crippen molar-refractivity contribution in [2.24, 2.45) is 0 Å². The largest absolute Gasteiger partial charge is 0.496 e. The van der Waals surface area contributed by atoms with Crippen molar-refractivity contribution in [3.63, 3.8) is 0 Å². The average Bonchev–Trinajstić information content (AvgIpc) is 2.42. The Bertz CT molecular complexity index is 421. The molecule has 1 aromatic carbocycles. The number of carbonyl (C=O) groups is 1. The zero-order chi connectivity index (χ0) is 14.3. The highest BCUT2D eigenvalue weighted by atomic mass is 79.9. The molecule has 0 spiro atoms. The van der Waals surface area contributed by atoms with Crippen LogP contribution in [0.3, 0.4) is 0 Å². The van der Waals surface area contributed by atoms with Gasteiger partial charge in [0.2, 0.25) is 5.91 Å². The second kappa shape index (κ2) is 8.20. The summed E-state index contributed by atoms with van der Waals surface area (Å²) in [5.74, 6) is 1.02. The molecule has 3 nitrogen and oxygen atoms in total. The van der Waals surface area contributed by atoms with Crippen LogP contribution < -0.4 is 4.74 Å². The number of carbonyl (C=O) groups excluding carboxylic acids is 1. The standard InChI is InChI=1S/C15H22BrNO2/c1-4-5-10-17(2)15(18)9-7-12-6-8-14(19-3)13(16)11-12/h6,8,11H,4-5,7,9-10H2,1-3H3. The van der Waals surface area contributed by atoms with E-state index >= 15 is 0 Å². The quantitative estimate of drug-likeness (QED) is 0.765. The van der Waals surface area contributed by atoms with Gasteiger partial charge in [0.1, 0.15) is 5.75 Å². The number of halogens is 1. The van der Waals surface area contributed by atoms with Gasteiger partial charge in [-0.15, -0.1) is 0 Å². The highest BCUT2D eigenvalue weighted by molar-refractivity contribution is 9.10. The number of methoxy groups -OCH3 is 1. The Kier molecular flexibility index (Phi) is 6.92. The number of hydrogen-bond donors (Lipinski definition) is 0. The molecule has 1 amide bonds. The van der Waals surface area contributed by atoms with Crippen molar-refractivity contribution in [2.75, 3.05) is 20.7 Å². The highest BCUT2D eigenvalue weighted by Gasteiger charge is 2.09. The highest BCUT2D eigenvalue weighted by Crippen LogP contribution is 2.26. The van der Waals surface area contributed by atoms with Crippen molar-refractivity contribution < 1.29 is 9.53 Å². The fourth-order valence-corrected chi connectivity index (χ4v) is 2.42. The van der Waals surface area contributed by atoms with Gasteiger partial charge in [-0.25, -0.2) is 0 Å². The molecule has 1 aromatic rings. The SMILES string of the molecule is CCCCN(C)C(=O)CCc1ccc(OC)c(Br)c1. The van der Waals surface area contributed by atoms with Crippen molar-refractivity contribution in [1.29, 1.82) is 0 Å². The van der Waals surface area contributed by atoms with Crippen molar-refractivity contribution in [3.8, 4) is 5.75 Å². The Morgan fingerprint density at radius 2 is 2.16 bits per heavy atom. The van der Waals surface area contributed by atoms with E-state index in [4.69, 9.17) is 4.74 Å². The molecule has 0 atom stereocenters. The lowest BCUT2D eigenvalue weighted by atomic mass is 10.1. The Morgan fingerprint density at radius 1 is 1.42 bits per heavy atom. The van der Waals surface area contributed by atoms with Crippen LogP contribution in [0.1, 0.15) is 31.7 Å². The number of unbranched alkanes of at least 4 members (excludes halogenated alkanes) is 1. The fraction of sp³-hybridized carbons (Fsp3) is 0.533. The number of nitrogens with zero attached hydrogens (tertiary/aromatic N) is 1. The van der Waals surface area contributed by atoms with Gasteiger partial charge < -0.3 is 9.64 Å². The smallest absolute Gasteiger partial charge is 0.222 e. The molecule has 0 bridgehead atoms. The second-order valence-electron chi connectivity index (χ2n) is 4.64. The number of amides is 1. The molecule has 19 heavy (non-hydrogen) atoms. The summed E-state index contributed by atoms with van der Waals surface area (Å²) in [6.07, 6.45) is 3.50. The van der Waals surface area contributed by atoms with Crippen molar-refractivity contribution in [1.82, 2.24) is 4.90 Å². The van der Waals surface area contributed by atoms with E-state index in [-0.39, 0.29) is 5.91 Å². The number of rotatable bonds is 7. The van der Waals surface area contributed by atoms with Crippen LogP contribution in [0.25, 0.3) is 0 Å². The van der Waals surface area contributed by atoms with E-state index in [1.165, 1.54) is 0 Å². The zero-order valence-corrected chi connectivity index (χ0v) is 13.5. The molecule has 0 heterocycles. The van der Waals surface area contributed by atoms with Gasteiger partial charge in [0, 0.05) is 20.0 Å². The molecule has 0 aliphatic rings. The van der Waals surface area contributed by atoms with Gasteiger partial charge >= 0.3 is 0 Å². The molecule has 0 aliphatic carbocycles. The molecular formula is C15H22BrNO2. The van der Waals surface area contributed by atoms with E-state index in [1.54, 1.807) is 7.11 Å². The fourth-order valence-electron chi connectivity index (χ4n) is 1.83. The Balaban J connectivity index is 2.48. The number of hydrogen-bond acceptors (Lipinski definition) is 2. The third kappa shape index (κ3) is 5.23. The first-order valence-corrected chi connectivity index (χ1v) is 7.44. The summed E-state index contributed by atoms with van der Waals surface area (Å²) in [6.45, 7) is 2.98. The maximum atomic E-state index is 11.9. The van der Waals surface area contributed by atoms with Crippen molar-refractivity contribution in [2.45, 2.75) is 32.6 Å². The first-order valence-electron chi connectivity index (χ1n) is 6.64. The van der Waals surface area contributed by atoms with E-state index in [1.807, 2.05) is 30.1 Å². The van der Waals surface area contributed by atoms with Crippen LogP contribution >= 0.6 is 15.9 Å². The third-order valence-corrected chi connectivity index (χ3v) is 3.74. The van der Waals surface area contributed by atoms with E-state index in [0.29, 0.717) is 6.42 Å². The molecule has 0 saturated heterocycles. The van der Waals surface area contributed by atoms with Gasteiger partial charge in [0.15, 0.2) is 0 Å². The Morgan fingerprint density at radius 3 is 2.74 bits per heavy atom. The molecule has 4 heteroatoms. The van der Waals surface area contributed by atoms with Crippen LogP contribution in [0.5, 0.6) is 5.75 Å². The Labute approximate surface area is 124 Å². The maximum absolute atomic E-state index is 11.9. The van der Waals surface area contributed by atoms with E-state index in [2.05, 4.69) is 22.9 Å². The molecule has 0 saturated carbocycles. The van der Waals surface area contributed by atoms with Gasteiger partial charge in [-0.1, -0.05) is 19.4 Å². The minimum absolute atomic E-state index is 0.209. The van der Waals surface area contributed by atoms with Crippen molar-refractivity contribution in [3.05, 3.63) is 28.2 Å². The predicted octanol–water partition coefficient (Wildman–Crippen LogP) is 3.65. The molecule has 0 aromatic heterocycles. The molecule has 0 radical (unpaired) electrons. The topological polar surface area (TPSA) is 29.5 Å². The van der Waals surface area contributed by atoms with Gasteiger partial charge in [-0.05, 0) is 46.5 Å². The summed E-state index contributed by atoms with van der Waals surface area (Å²) in [6, 6.07) is 5.94. The van der Waals surface area contributed by atoms with Crippen LogP contribution in [0.2, 0.25) is 0 Å². The average molecular weight is 328 g/mol. The maximum Gasteiger partial charge on any atom is 0.222 e. The molecule has 106 valence electrons. The predicted molar refractivity (Wildman–Crippen MR) is 81.6 cm³/mol. The first-order chi connectivity index (χ1) is 9.08. The normalized spacial score (nSPS) is 10.3. The first kappa shape index (κ1) is 16.0. The molecular weight excluding hydrogens is 306 g/mol. The van der Waals surface area contributed by atoms with E-state index < -0.39 is 0 Å². The summed E-state index contributed by atoms with van der Waals surface area (Å²) in [7, 11) is 3.52. The molecule has 0 aliphatic heterocycles. The number of ether oxygens (including phenoxy) is 1. The number of benzene rings is 1. The minimum atomic E-state index is 0.209. The van der Waals surface area contributed by atoms with Crippen LogP contribution in [0, 0.1) is 0 Å². The van der Waals surface area contributed by atoms with E-state index in [0.717, 1.165) is 41.6 Å². The summed E-state index contributed by atoms with van der Waals surface area (Å²) >= 11 is 3.46. The van der Waals surface area contributed by atoms with Gasteiger partial charge in [-0.2, -0.15) is 0 Å². The summed E-state index contributed by atoms with van der Waals surface area (Å²) < 4.78 is 6.12. The molecule has 0 fully saturated rings. The monoisotopic (exact) mass is 327 g/mol. The summed E-state index contributed by atoms with van der Waals surface area (Å²) in [5.41, 5.74) is 1.14. The zero-order valence-electron chi connectivity index (χ0n) is 11.9. The molecule has 0 unspecified atom stereocenters. The molecule has 0 N–H and O–H groups in total. The van der Waals surface area contributed by atoms with Crippen LogP contribution in [0.15, 0.2) is 22.7 Å². The van der Waals surface area contributed by atoms with Crippen LogP contribution in [-0.2, 0) is 11.2 Å².